The van der Waals surface area contributed by atoms with Crippen LogP contribution in [0.3, 0.4) is 0 Å². The molecule has 2 N–H and O–H groups in total. The van der Waals surface area contributed by atoms with Crippen LogP contribution in [0, 0.1) is 0 Å². The highest BCUT2D eigenvalue weighted by atomic mass is 16.2. The fraction of sp³-hybridized carbons (Fsp3) is 0.455. The minimum Gasteiger partial charge on any atom is -0.396 e. The minimum absolute atomic E-state index is 0.232. The van der Waals surface area contributed by atoms with E-state index < -0.39 is 0 Å². The molecule has 2 aromatic heterocycles. The molecule has 0 aliphatic rings. The van der Waals surface area contributed by atoms with Gasteiger partial charge in [0.25, 0.3) is 0 Å². The van der Waals surface area contributed by atoms with Crippen molar-refractivity contribution in [1.82, 2.24) is 14.6 Å². The van der Waals surface area contributed by atoms with Gasteiger partial charge in [-0.15, -0.1) is 0 Å². The predicted octanol–water partition coefficient (Wildman–Crippen LogP) is 1.30. The third kappa shape index (κ3) is 2.30. The predicted molar refractivity (Wildman–Crippen MR) is 62.4 cm³/mol. The molecule has 0 aliphatic heterocycles. The van der Waals surface area contributed by atoms with Crippen LogP contribution in [-0.2, 0) is 0 Å². The molecule has 1 unspecified atom stereocenters. The zero-order valence-electron chi connectivity index (χ0n) is 9.30. The third-order valence-corrected chi connectivity index (χ3v) is 2.50. The molecule has 2 rings (SSSR count). The Morgan fingerprint density at radius 1 is 1.50 bits per heavy atom. The summed E-state index contributed by atoms with van der Waals surface area (Å²) in [7, 11) is 0. The van der Waals surface area contributed by atoms with E-state index in [2.05, 4.69) is 22.3 Å². The van der Waals surface area contributed by atoms with Crippen molar-refractivity contribution in [1.29, 1.82) is 0 Å². The van der Waals surface area contributed by atoms with Crippen molar-refractivity contribution in [2.24, 2.45) is 0 Å². The number of aliphatic hydroxyl groups is 1. The monoisotopic (exact) mass is 220 g/mol. The van der Waals surface area contributed by atoms with Crippen LogP contribution < -0.4 is 5.32 Å². The lowest BCUT2D eigenvalue weighted by atomic mass is 10.2. The Morgan fingerprint density at radius 2 is 2.38 bits per heavy atom. The first-order valence-electron chi connectivity index (χ1n) is 5.47. The summed E-state index contributed by atoms with van der Waals surface area (Å²) in [6.07, 6.45) is 7.02. The van der Waals surface area contributed by atoms with Crippen molar-refractivity contribution in [3.8, 4) is 0 Å². The second-order valence-corrected chi connectivity index (χ2v) is 3.85. The lowest BCUT2D eigenvalue weighted by molar-refractivity contribution is 0.282. The molecular weight excluding hydrogens is 204 g/mol. The van der Waals surface area contributed by atoms with Crippen molar-refractivity contribution in [3.05, 3.63) is 24.7 Å². The molecule has 86 valence electrons. The first kappa shape index (κ1) is 10.9. The van der Waals surface area contributed by atoms with Crippen molar-refractivity contribution in [2.45, 2.75) is 25.8 Å². The lowest BCUT2D eigenvalue weighted by Crippen LogP contribution is -2.17. The van der Waals surface area contributed by atoms with Crippen LogP contribution >= 0.6 is 0 Å². The smallest absolute Gasteiger partial charge is 0.152 e. The standard InChI is InChI=1S/C11H16N4O/c1-9(3-2-8-16)14-11-10-4-5-13-15(10)7-6-12-11/h4-7,9,16H,2-3,8H2,1H3,(H,12,14). The van der Waals surface area contributed by atoms with Crippen molar-refractivity contribution >= 4 is 11.3 Å². The van der Waals surface area contributed by atoms with Crippen molar-refractivity contribution in [2.75, 3.05) is 11.9 Å². The van der Waals surface area contributed by atoms with E-state index in [-0.39, 0.29) is 6.61 Å². The van der Waals surface area contributed by atoms with Crippen LogP contribution in [0.15, 0.2) is 24.7 Å². The van der Waals surface area contributed by atoms with E-state index in [1.165, 1.54) is 0 Å². The highest BCUT2D eigenvalue weighted by Gasteiger charge is 2.06. The number of fused-ring (bicyclic) bond motifs is 1. The van der Waals surface area contributed by atoms with Gasteiger partial charge in [-0.25, -0.2) is 9.50 Å². The maximum atomic E-state index is 8.76. The van der Waals surface area contributed by atoms with Gasteiger partial charge in [0.2, 0.25) is 0 Å². The van der Waals surface area contributed by atoms with Gasteiger partial charge in [0.1, 0.15) is 5.52 Å². The summed E-state index contributed by atoms with van der Waals surface area (Å²) < 4.78 is 1.79. The van der Waals surface area contributed by atoms with Gasteiger partial charge < -0.3 is 10.4 Å². The Morgan fingerprint density at radius 3 is 3.19 bits per heavy atom. The SMILES string of the molecule is CC(CCCO)Nc1nccn2nccc12. The molecule has 0 saturated carbocycles. The summed E-state index contributed by atoms with van der Waals surface area (Å²) in [5.74, 6) is 0.838. The molecule has 16 heavy (non-hydrogen) atoms. The summed E-state index contributed by atoms with van der Waals surface area (Å²) in [6, 6.07) is 2.22. The Labute approximate surface area is 94.1 Å². The Bertz CT molecular complexity index is 454. The van der Waals surface area contributed by atoms with Crippen LogP contribution in [0.5, 0.6) is 0 Å². The summed E-state index contributed by atoms with van der Waals surface area (Å²) in [4.78, 5) is 4.29. The van der Waals surface area contributed by atoms with Gasteiger partial charge in [0.15, 0.2) is 5.82 Å². The summed E-state index contributed by atoms with van der Waals surface area (Å²) in [5, 5.41) is 16.2. The molecule has 5 heteroatoms. The normalized spacial score (nSPS) is 12.9. The number of hydrogen-bond donors (Lipinski definition) is 2. The van der Waals surface area contributed by atoms with E-state index in [1.807, 2.05) is 12.3 Å². The van der Waals surface area contributed by atoms with E-state index in [0.717, 1.165) is 24.2 Å². The number of hydrogen-bond acceptors (Lipinski definition) is 4. The molecule has 0 spiro atoms. The number of nitrogens with one attached hydrogen (secondary N) is 1. The number of aromatic nitrogens is 3. The average molecular weight is 220 g/mol. The lowest BCUT2D eigenvalue weighted by Gasteiger charge is -2.14. The van der Waals surface area contributed by atoms with Crippen LogP contribution in [-0.4, -0.2) is 32.4 Å². The first-order chi connectivity index (χ1) is 7.81. The molecule has 0 aliphatic carbocycles. The second-order valence-electron chi connectivity index (χ2n) is 3.85. The Hall–Kier alpha value is -1.62. The highest BCUT2D eigenvalue weighted by Crippen LogP contribution is 2.14. The van der Waals surface area contributed by atoms with E-state index in [1.54, 1.807) is 16.9 Å². The van der Waals surface area contributed by atoms with Gasteiger partial charge in [0, 0.05) is 25.0 Å². The van der Waals surface area contributed by atoms with E-state index in [9.17, 15) is 0 Å². The molecule has 0 bridgehead atoms. The number of rotatable bonds is 5. The average Bonchev–Trinajstić information content (AvgIpc) is 2.75. The zero-order valence-corrected chi connectivity index (χ0v) is 9.30. The maximum absolute atomic E-state index is 8.76. The summed E-state index contributed by atoms with van der Waals surface area (Å²) in [5.41, 5.74) is 0.971. The molecule has 0 aromatic carbocycles. The molecule has 2 heterocycles. The van der Waals surface area contributed by atoms with E-state index in [4.69, 9.17) is 5.11 Å². The van der Waals surface area contributed by atoms with Crippen molar-refractivity contribution in [3.63, 3.8) is 0 Å². The molecule has 5 nitrogen and oxygen atoms in total. The fourth-order valence-corrected chi connectivity index (χ4v) is 1.67. The quantitative estimate of drug-likeness (QED) is 0.797. The van der Waals surface area contributed by atoms with Gasteiger partial charge in [-0.2, -0.15) is 5.10 Å². The number of nitrogens with zero attached hydrogens (tertiary/aromatic N) is 3. The van der Waals surface area contributed by atoms with Crippen LogP contribution in [0.25, 0.3) is 5.52 Å². The zero-order chi connectivity index (χ0) is 11.4. The van der Waals surface area contributed by atoms with Gasteiger partial charge in [-0.3, -0.25) is 0 Å². The largest absolute Gasteiger partial charge is 0.396 e. The molecule has 0 fully saturated rings. The maximum Gasteiger partial charge on any atom is 0.152 e. The topological polar surface area (TPSA) is 62.5 Å². The molecular formula is C11H16N4O. The van der Waals surface area contributed by atoms with Gasteiger partial charge >= 0.3 is 0 Å². The fourth-order valence-electron chi connectivity index (χ4n) is 1.67. The molecule has 0 radical (unpaired) electrons. The van der Waals surface area contributed by atoms with Crippen molar-refractivity contribution < 1.29 is 5.11 Å². The van der Waals surface area contributed by atoms with Crippen LogP contribution in [0.4, 0.5) is 5.82 Å². The summed E-state index contributed by atoms with van der Waals surface area (Å²) >= 11 is 0. The second kappa shape index (κ2) is 4.94. The number of aliphatic hydroxyl groups excluding tert-OH is 1. The Kier molecular flexibility index (Phi) is 3.36. The minimum atomic E-state index is 0.232. The Balaban J connectivity index is 2.11. The number of anilines is 1. The third-order valence-electron chi connectivity index (χ3n) is 2.50. The van der Waals surface area contributed by atoms with Gasteiger partial charge in [0.05, 0.1) is 6.20 Å². The van der Waals surface area contributed by atoms with Gasteiger partial charge in [-0.1, -0.05) is 0 Å². The van der Waals surface area contributed by atoms with Gasteiger partial charge in [-0.05, 0) is 25.8 Å². The van der Waals surface area contributed by atoms with Crippen LogP contribution in [0.2, 0.25) is 0 Å². The van der Waals surface area contributed by atoms with E-state index >= 15 is 0 Å². The first-order valence-corrected chi connectivity index (χ1v) is 5.47. The van der Waals surface area contributed by atoms with E-state index in [0.29, 0.717) is 6.04 Å². The van der Waals surface area contributed by atoms with Crippen LogP contribution in [0.1, 0.15) is 19.8 Å². The molecule has 2 aromatic rings. The molecule has 1 atom stereocenters. The highest BCUT2D eigenvalue weighted by molar-refractivity contribution is 5.66. The summed E-state index contributed by atoms with van der Waals surface area (Å²) in [6.45, 7) is 2.31. The molecule has 0 amide bonds. The molecule has 0 saturated heterocycles.